The summed E-state index contributed by atoms with van der Waals surface area (Å²) in [7, 11) is 0. The summed E-state index contributed by atoms with van der Waals surface area (Å²) in [4.78, 5) is 24.9. The summed E-state index contributed by atoms with van der Waals surface area (Å²) in [6.07, 6.45) is 0. The van der Waals surface area contributed by atoms with Gasteiger partial charge >= 0.3 is 11.4 Å². The minimum Gasteiger partial charge on any atom is -0.489 e. The van der Waals surface area contributed by atoms with Gasteiger partial charge in [0.15, 0.2) is 0 Å². The molecular weight excluding hydrogens is 427 g/mol. The van der Waals surface area contributed by atoms with Gasteiger partial charge in [-0.15, -0.1) is 4.74 Å². The fourth-order valence-corrected chi connectivity index (χ4v) is 3.32. The molecule has 1 aromatic heterocycles. The van der Waals surface area contributed by atoms with Crippen LogP contribution in [-0.2, 0) is 13.2 Å². The Morgan fingerprint density at radius 3 is 2.37 bits per heavy atom. The van der Waals surface area contributed by atoms with Crippen LogP contribution in [0.2, 0.25) is 10.0 Å². The van der Waals surface area contributed by atoms with E-state index in [9.17, 15) is 9.59 Å². The number of nitrogens with one attached hydrogen (secondary N) is 1. The monoisotopic (exact) mass is 442 g/mol. The number of hydrogen-bond acceptors (Lipinski definition) is 4. The second-order valence-electron chi connectivity index (χ2n) is 6.61. The molecule has 30 heavy (non-hydrogen) atoms. The van der Waals surface area contributed by atoms with E-state index in [1.54, 1.807) is 12.1 Å². The van der Waals surface area contributed by atoms with Crippen LogP contribution in [0.3, 0.4) is 0 Å². The lowest BCUT2D eigenvalue weighted by atomic mass is 10.0. The molecule has 6 nitrogen and oxygen atoms in total. The Labute approximate surface area is 181 Å². The third kappa shape index (κ3) is 4.67. The van der Waals surface area contributed by atoms with Crippen molar-refractivity contribution in [1.29, 1.82) is 0 Å². The quantitative estimate of drug-likeness (QED) is 0.468. The SMILES string of the molecule is O=c1[nH]c(=O)n(Cc2cccc(-c3cccc(OCc4ccc(Cl)c(Cl)c4)c3)c2)o1. The molecule has 4 aromatic rings. The van der Waals surface area contributed by atoms with Crippen LogP contribution in [0.25, 0.3) is 11.1 Å². The van der Waals surface area contributed by atoms with E-state index in [1.807, 2.05) is 54.6 Å². The van der Waals surface area contributed by atoms with Gasteiger partial charge in [0.05, 0.1) is 16.6 Å². The summed E-state index contributed by atoms with van der Waals surface area (Å²) in [5, 5.41) is 0.990. The molecule has 0 amide bonds. The third-order valence-electron chi connectivity index (χ3n) is 4.44. The number of nitrogens with zero attached hydrogens (tertiary/aromatic N) is 1. The maximum absolute atomic E-state index is 11.7. The first-order chi connectivity index (χ1) is 14.5. The van der Waals surface area contributed by atoms with E-state index in [-0.39, 0.29) is 6.54 Å². The number of aromatic amines is 1. The summed E-state index contributed by atoms with van der Waals surface area (Å²) >= 11 is 12.0. The minimum atomic E-state index is -0.775. The molecule has 0 atom stereocenters. The predicted molar refractivity (Wildman–Crippen MR) is 115 cm³/mol. The molecule has 0 aliphatic heterocycles. The number of ether oxygens (including phenoxy) is 1. The van der Waals surface area contributed by atoms with Crippen LogP contribution in [0.1, 0.15) is 11.1 Å². The van der Waals surface area contributed by atoms with Crippen LogP contribution >= 0.6 is 23.2 Å². The molecule has 0 bridgehead atoms. The van der Waals surface area contributed by atoms with Crippen molar-refractivity contribution in [2.45, 2.75) is 13.2 Å². The fraction of sp³-hybridized carbons (Fsp3) is 0.0909. The van der Waals surface area contributed by atoms with Crippen LogP contribution in [0.4, 0.5) is 0 Å². The summed E-state index contributed by atoms with van der Waals surface area (Å²) in [5.74, 6) is -0.0696. The summed E-state index contributed by atoms with van der Waals surface area (Å²) in [6.45, 7) is 0.509. The van der Waals surface area contributed by atoms with Crippen molar-refractivity contribution in [1.82, 2.24) is 9.72 Å². The smallest absolute Gasteiger partial charge is 0.440 e. The molecule has 4 rings (SSSR count). The van der Waals surface area contributed by atoms with E-state index in [0.717, 1.165) is 27.0 Å². The van der Waals surface area contributed by atoms with E-state index < -0.39 is 11.4 Å². The third-order valence-corrected chi connectivity index (χ3v) is 5.18. The lowest BCUT2D eigenvalue weighted by molar-refractivity contribution is 0.258. The van der Waals surface area contributed by atoms with Crippen LogP contribution in [0.5, 0.6) is 5.75 Å². The Balaban J connectivity index is 1.51. The highest BCUT2D eigenvalue weighted by atomic mass is 35.5. The molecule has 0 spiro atoms. The van der Waals surface area contributed by atoms with Gasteiger partial charge in [0.1, 0.15) is 12.4 Å². The Kier molecular flexibility index (Phi) is 5.79. The first kappa shape index (κ1) is 20.1. The number of rotatable bonds is 6. The summed E-state index contributed by atoms with van der Waals surface area (Å²) in [6, 6.07) is 20.7. The van der Waals surface area contributed by atoms with Gasteiger partial charge in [-0.05, 0) is 52.6 Å². The van der Waals surface area contributed by atoms with Crippen LogP contribution in [-0.4, -0.2) is 9.72 Å². The van der Waals surface area contributed by atoms with Gasteiger partial charge in [0, 0.05) is 0 Å². The highest BCUT2D eigenvalue weighted by Crippen LogP contribution is 2.27. The molecule has 8 heteroatoms. The van der Waals surface area contributed by atoms with E-state index in [4.69, 9.17) is 32.5 Å². The fourth-order valence-electron chi connectivity index (χ4n) is 2.99. The highest BCUT2D eigenvalue weighted by Gasteiger charge is 2.07. The largest absolute Gasteiger partial charge is 0.489 e. The zero-order valence-electron chi connectivity index (χ0n) is 15.6. The Hall–Kier alpha value is -3.22. The van der Waals surface area contributed by atoms with Gasteiger partial charge < -0.3 is 9.26 Å². The zero-order chi connectivity index (χ0) is 21.1. The normalized spacial score (nSPS) is 10.9. The second-order valence-corrected chi connectivity index (χ2v) is 7.43. The first-order valence-electron chi connectivity index (χ1n) is 9.04. The van der Waals surface area contributed by atoms with Crippen molar-refractivity contribution in [2.24, 2.45) is 0 Å². The molecule has 0 saturated heterocycles. The molecule has 0 aliphatic carbocycles. The molecule has 0 aliphatic rings. The second kappa shape index (κ2) is 8.65. The van der Waals surface area contributed by atoms with Gasteiger partial charge in [-0.3, -0.25) is 0 Å². The van der Waals surface area contributed by atoms with Gasteiger partial charge in [-0.2, -0.15) is 0 Å². The Bertz CT molecular complexity index is 1310. The summed E-state index contributed by atoms with van der Waals surface area (Å²) < 4.78 is 11.7. The average Bonchev–Trinajstić information content (AvgIpc) is 3.06. The molecule has 1 heterocycles. The van der Waals surface area contributed by atoms with E-state index in [2.05, 4.69) is 4.98 Å². The van der Waals surface area contributed by atoms with Crippen LogP contribution < -0.4 is 16.2 Å². The lowest BCUT2D eigenvalue weighted by Gasteiger charge is -2.10. The molecule has 0 unspecified atom stereocenters. The highest BCUT2D eigenvalue weighted by molar-refractivity contribution is 6.42. The standard InChI is InChI=1S/C22H16Cl2N2O4/c23-19-8-7-15(10-20(19)24)13-29-18-6-2-5-17(11-18)16-4-1-3-14(9-16)12-26-21(27)25-22(28)30-26/h1-11H,12-13H2,(H,25,27,28). The molecule has 152 valence electrons. The van der Waals surface area contributed by atoms with Gasteiger partial charge in [0.2, 0.25) is 0 Å². The van der Waals surface area contributed by atoms with Crippen molar-refractivity contribution < 1.29 is 9.26 Å². The summed E-state index contributed by atoms with van der Waals surface area (Å²) in [5.41, 5.74) is 3.04. The maximum Gasteiger partial charge on any atom is 0.440 e. The lowest BCUT2D eigenvalue weighted by Crippen LogP contribution is -2.17. The van der Waals surface area contributed by atoms with Gasteiger partial charge in [-0.25, -0.2) is 14.6 Å². The molecule has 0 fully saturated rings. The number of aromatic nitrogens is 2. The average molecular weight is 443 g/mol. The number of halogens is 2. The Morgan fingerprint density at radius 2 is 1.63 bits per heavy atom. The van der Waals surface area contributed by atoms with Crippen LogP contribution in [0.15, 0.2) is 80.8 Å². The maximum atomic E-state index is 11.7. The van der Waals surface area contributed by atoms with Crippen molar-refractivity contribution in [2.75, 3.05) is 0 Å². The van der Waals surface area contributed by atoms with Crippen molar-refractivity contribution >= 4 is 23.2 Å². The van der Waals surface area contributed by atoms with Gasteiger partial charge in [0.25, 0.3) is 0 Å². The molecular formula is C22H16Cl2N2O4. The van der Waals surface area contributed by atoms with E-state index in [1.165, 1.54) is 0 Å². The molecule has 0 saturated carbocycles. The first-order valence-corrected chi connectivity index (χ1v) is 9.80. The number of H-pyrrole nitrogens is 1. The molecule has 0 radical (unpaired) electrons. The topological polar surface area (TPSA) is 77.2 Å². The van der Waals surface area contributed by atoms with Crippen molar-refractivity contribution in [3.8, 4) is 16.9 Å². The zero-order valence-corrected chi connectivity index (χ0v) is 17.1. The van der Waals surface area contributed by atoms with Crippen LogP contribution in [0, 0.1) is 0 Å². The Morgan fingerprint density at radius 1 is 0.867 bits per heavy atom. The number of benzene rings is 3. The van der Waals surface area contributed by atoms with Gasteiger partial charge in [-0.1, -0.05) is 59.6 Å². The minimum absolute atomic E-state index is 0.152. The van der Waals surface area contributed by atoms with Crippen molar-refractivity contribution in [3.05, 3.63) is 109 Å². The number of hydrogen-bond donors (Lipinski definition) is 1. The van der Waals surface area contributed by atoms with E-state index >= 15 is 0 Å². The predicted octanol–water partition coefficient (Wildman–Crippen LogP) is 4.73. The molecule has 1 N–H and O–H groups in total. The van der Waals surface area contributed by atoms with Crippen molar-refractivity contribution in [3.63, 3.8) is 0 Å². The molecule has 3 aromatic carbocycles. The van der Waals surface area contributed by atoms with E-state index in [0.29, 0.717) is 22.4 Å².